The topological polar surface area (TPSA) is 0 Å². The summed E-state index contributed by atoms with van der Waals surface area (Å²) >= 11 is 0. The van der Waals surface area contributed by atoms with E-state index in [-0.39, 0.29) is 5.92 Å². The van der Waals surface area contributed by atoms with Crippen LogP contribution in [0.1, 0.15) is 29.0 Å². The molecular formula is C24H18F2. The van der Waals surface area contributed by atoms with E-state index in [1.54, 1.807) is 6.07 Å². The van der Waals surface area contributed by atoms with Crippen LogP contribution in [0.5, 0.6) is 0 Å². The maximum atomic E-state index is 13.6. The number of aryl methyl sites for hydroxylation is 1. The Morgan fingerprint density at radius 1 is 0.731 bits per heavy atom. The van der Waals surface area contributed by atoms with Gasteiger partial charge in [0, 0.05) is 0 Å². The predicted octanol–water partition coefficient (Wildman–Crippen LogP) is 6.54. The lowest BCUT2D eigenvalue weighted by molar-refractivity contribution is 0.501. The Balaban J connectivity index is 1.59. The van der Waals surface area contributed by atoms with Gasteiger partial charge in [-0.3, -0.25) is 0 Å². The Bertz CT molecular complexity index is 1140. The largest absolute Gasteiger partial charge is 0.204 e. The standard InChI is InChI=1S/C24H18F2/c25-23-12-8-17(14-24(23)26)16-6-9-20-18(13-16)7-11-21-19-4-2-1-3-15(19)5-10-22(20)21/h1-5,7-8,10-12,14,16H,6,9,13H2. The van der Waals surface area contributed by atoms with Crippen LogP contribution in [0.4, 0.5) is 8.78 Å². The fourth-order valence-corrected chi connectivity index (χ4v) is 4.42. The minimum Gasteiger partial charge on any atom is -0.204 e. The molecule has 0 aromatic heterocycles. The van der Waals surface area contributed by atoms with E-state index in [2.05, 4.69) is 48.5 Å². The van der Waals surface area contributed by atoms with Crippen molar-refractivity contribution in [2.45, 2.75) is 25.2 Å². The summed E-state index contributed by atoms with van der Waals surface area (Å²) in [6.07, 6.45) is 2.81. The minimum atomic E-state index is -0.775. The third-order valence-corrected chi connectivity index (χ3v) is 5.76. The number of hydrogen-bond donors (Lipinski definition) is 0. The van der Waals surface area contributed by atoms with E-state index in [0.717, 1.165) is 24.8 Å². The zero-order chi connectivity index (χ0) is 17.7. The average Bonchev–Trinajstić information content (AvgIpc) is 2.69. The Labute approximate surface area is 151 Å². The maximum Gasteiger partial charge on any atom is 0.159 e. The molecule has 0 heterocycles. The van der Waals surface area contributed by atoms with E-state index >= 15 is 0 Å². The minimum absolute atomic E-state index is 0.246. The fourth-order valence-electron chi connectivity index (χ4n) is 4.42. The molecule has 1 aliphatic rings. The van der Waals surface area contributed by atoms with Crippen LogP contribution in [0.3, 0.4) is 0 Å². The highest BCUT2D eigenvalue weighted by Gasteiger charge is 2.22. The molecule has 0 saturated heterocycles. The molecule has 0 bridgehead atoms. The molecule has 26 heavy (non-hydrogen) atoms. The summed E-state index contributed by atoms with van der Waals surface area (Å²) in [5.41, 5.74) is 3.63. The molecule has 0 spiro atoms. The van der Waals surface area contributed by atoms with E-state index in [1.807, 2.05) is 0 Å². The first-order chi connectivity index (χ1) is 12.7. The Morgan fingerprint density at radius 3 is 2.46 bits per heavy atom. The number of benzene rings is 4. The Hall–Kier alpha value is -2.74. The first-order valence-electron chi connectivity index (χ1n) is 9.08. The van der Waals surface area contributed by atoms with Gasteiger partial charge in [-0.05, 0) is 75.5 Å². The summed E-state index contributed by atoms with van der Waals surface area (Å²) in [7, 11) is 0. The van der Waals surface area contributed by atoms with E-state index in [0.29, 0.717) is 0 Å². The maximum absolute atomic E-state index is 13.6. The molecule has 1 atom stereocenters. The van der Waals surface area contributed by atoms with Gasteiger partial charge in [0.25, 0.3) is 0 Å². The van der Waals surface area contributed by atoms with Crippen molar-refractivity contribution < 1.29 is 8.78 Å². The van der Waals surface area contributed by atoms with Gasteiger partial charge in [0.1, 0.15) is 0 Å². The van der Waals surface area contributed by atoms with Crippen LogP contribution < -0.4 is 0 Å². The first-order valence-corrected chi connectivity index (χ1v) is 9.08. The van der Waals surface area contributed by atoms with Crippen molar-refractivity contribution in [2.75, 3.05) is 0 Å². The molecule has 0 saturated carbocycles. The van der Waals surface area contributed by atoms with E-state index < -0.39 is 11.6 Å². The molecular weight excluding hydrogens is 326 g/mol. The van der Waals surface area contributed by atoms with Crippen molar-refractivity contribution in [3.63, 3.8) is 0 Å². The Kier molecular flexibility index (Phi) is 3.53. The molecule has 0 fully saturated rings. The number of halogens is 2. The molecule has 0 radical (unpaired) electrons. The normalized spacial score (nSPS) is 16.8. The predicted molar refractivity (Wildman–Crippen MR) is 103 cm³/mol. The van der Waals surface area contributed by atoms with Crippen LogP contribution in [0.25, 0.3) is 21.5 Å². The molecule has 0 amide bonds. The quantitative estimate of drug-likeness (QED) is 0.344. The van der Waals surface area contributed by atoms with Gasteiger partial charge in [-0.1, -0.05) is 54.6 Å². The van der Waals surface area contributed by atoms with Crippen molar-refractivity contribution in [1.82, 2.24) is 0 Å². The fraction of sp³-hybridized carbons (Fsp3) is 0.167. The van der Waals surface area contributed by atoms with Crippen LogP contribution in [-0.4, -0.2) is 0 Å². The average molecular weight is 344 g/mol. The van der Waals surface area contributed by atoms with Crippen molar-refractivity contribution in [1.29, 1.82) is 0 Å². The van der Waals surface area contributed by atoms with Gasteiger partial charge in [0.15, 0.2) is 11.6 Å². The summed E-state index contributed by atoms with van der Waals surface area (Å²) in [5.74, 6) is -1.28. The SMILES string of the molecule is Fc1ccc(C2CCc3c(ccc4c3ccc3ccccc34)C2)cc1F. The summed E-state index contributed by atoms with van der Waals surface area (Å²) in [5, 5.41) is 5.17. The molecule has 4 aromatic carbocycles. The molecule has 5 rings (SSSR count). The van der Waals surface area contributed by atoms with E-state index in [4.69, 9.17) is 0 Å². The van der Waals surface area contributed by atoms with Gasteiger partial charge in [0.2, 0.25) is 0 Å². The first kappa shape index (κ1) is 15.5. The van der Waals surface area contributed by atoms with Gasteiger partial charge in [-0.15, -0.1) is 0 Å². The van der Waals surface area contributed by atoms with Gasteiger partial charge in [-0.2, -0.15) is 0 Å². The highest BCUT2D eigenvalue weighted by atomic mass is 19.2. The summed E-state index contributed by atoms with van der Waals surface area (Å²) < 4.78 is 26.8. The van der Waals surface area contributed by atoms with Gasteiger partial charge in [-0.25, -0.2) is 8.78 Å². The van der Waals surface area contributed by atoms with Crippen LogP contribution in [0.2, 0.25) is 0 Å². The third kappa shape index (κ3) is 2.40. The second-order valence-electron chi connectivity index (χ2n) is 7.20. The van der Waals surface area contributed by atoms with Crippen molar-refractivity contribution in [3.8, 4) is 0 Å². The lowest BCUT2D eigenvalue weighted by Gasteiger charge is -2.26. The summed E-state index contributed by atoms with van der Waals surface area (Å²) in [6, 6.07) is 21.7. The number of hydrogen-bond acceptors (Lipinski definition) is 0. The second-order valence-corrected chi connectivity index (χ2v) is 7.20. The van der Waals surface area contributed by atoms with Crippen LogP contribution >= 0.6 is 0 Å². The molecule has 0 aliphatic heterocycles. The zero-order valence-corrected chi connectivity index (χ0v) is 14.3. The highest BCUT2D eigenvalue weighted by molar-refractivity contribution is 6.08. The summed E-state index contributed by atoms with van der Waals surface area (Å²) in [4.78, 5) is 0. The van der Waals surface area contributed by atoms with Crippen molar-refractivity contribution >= 4 is 21.5 Å². The smallest absolute Gasteiger partial charge is 0.159 e. The van der Waals surface area contributed by atoms with E-state index in [1.165, 1.54) is 44.8 Å². The van der Waals surface area contributed by atoms with Crippen molar-refractivity contribution in [3.05, 3.63) is 95.1 Å². The van der Waals surface area contributed by atoms with Gasteiger partial charge < -0.3 is 0 Å². The van der Waals surface area contributed by atoms with Crippen LogP contribution in [-0.2, 0) is 12.8 Å². The van der Waals surface area contributed by atoms with Crippen LogP contribution in [0, 0.1) is 11.6 Å². The molecule has 128 valence electrons. The highest BCUT2D eigenvalue weighted by Crippen LogP contribution is 2.38. The second kappa shape index (κ2) is 5.91. The number of fused-ring (bicyclic) bond motifs is 5. The number of rotatable bonds is 1. The Morgan fingerprint density at radius 2 is 1.58 bits per heavy atom. The lowest BCUT2D eigenvalue weighted by atomic mass is 9.78. The molecule has 1 aliphatic carbocycles. The monoisotopic (exact) mass is 344 g/mol. The van der Waals surface area contributed by atoms with Gasteiger partial charge in [0.05, 0.1) is 0 Å². The third-order valence-electron chi connectivity index (χ3n) is 5.76. The molecule has 2 heteroatoms. The van der Waals surface area contributed by atoms with Gasteiger partial charge >= 0.3 is 0 Å². The molecule has 4 aromatic rings. The molecule has 0 nitrogen and oxygen atoms in total. The molecule has 0 N–H and O–H groups in total. The van der Waals surface area contributed by atoms with Crippen molar-refractivity contribution in [2.24, 2.45) is 0 Å². The lowest BCUT2D eigenvalue weighted by Crippen LogP contribution is -2.13. The zero-order valence-electron chi connectivity index (χ0n) is 14.3. The van der Waals surface area contributed by atoms with Crippen LogP contribution in [0.15, 0.2) is 66.7 Å². The summed E-state index contributed by atoms with van der Waals surface area (Å²) in [6.45, 7) is 0. The van der Waals surface area contributed by atoms with E-state index in [9.17, 15) is 8.78 Å². The molecule has 1 unspecified atom stereocenters.